The van der Waals surface area contributed by atoms with Crippen LogP contribution in [0.4, 0.5) is 0 Å². The van der Waals surface area contributed by atoms with Crippen molar-refractivity contribution in [1.29, 1.82) is 0 Å². The van der Waals surface area contributed by atoms with E-state index in [1.54, 1.807) is 17.5 Å². The summed E-state index contributed by atoms with van der Waals surface area (Å²) < 4.78 is 11.2. The van der Waals surface area contributed by atoms with Gasteiger partial charge in [0.15, 0.2) is 17.3 Å². The Morgan fingerprint density at radius 3 is 2.73 bits per heavy atom. The molecular formula is C23H23N3O3S. The van der Waals surface area contributed by atoms with Crippen molar-refractivity contribution in [2.75, 3.05) is 26.3 Å². The minimum atomic E-state index is 0.0586. The molecule has 0 saturated carbocycles. The molecule has 2 aliphatic rings. The number of benzene rings is 1. The molecule has 0 unspecified atom stereocenters. The van der Waals surface area contributed by atoms with Crippen LogP contribution in [0.1, 0.15) is 28.9 Å². The number of pyridine rings is 1. The number of hydrogen-bond acceptors (Lipinski definition) is 7. The highest BCUT2D eigenvalue weighted by molar-refractivity contribution is 7.13. The highest BCUT2D eigenvalue weighted by Gasteiger charge is 2.27. The number of aromatic nitrogens is 2. The molecule has 154 valence electrons. The summed E-state index contributed by atoms with van der Waals surface area (Å²) in [5, 5.41) is 3.06. The van der Waals surface area contributed by atoms with Gasteiger partial charge in [0.25, 0.3) is 0 Å². The first-order valence-electron chi connectivity index (χ1n) is 10.3. The van der Waals surface area contributed by atoms with Crippen molar-refractivity contribution in [2.24, 2.45) is 5.92 Å². The topological polar surface area (TPSA) is 64.6 Å². The quantitative estimate of drug-likeness (QED) is 0.579. The van der Waals surface area contributed by atoms with Gasteiger partial charge in [-0.1, -0.05) is 6.07 Å². The lowest BCUT2D eigenvalue weighted by Gasteiger charge is -2.30. The predicted octanol–water partition coefficient (Wildman–Crippen LogP) is 4.07. The first-order valence-corrected chi connectivity index (χ1v) is 11.2. The second-order valence-corrected chi connectivity index (χ2v) is 8.49. The van der Waals surface area contributed by atoms with Crippen molar-refractivity contribution in [1.82, 2.24) is 14.9 Å². The Morgan fingerprint density at radius 2 is 1.93 bits per heavy atom. The molecule has 1 saturated heterocycles. The van der Waals surface area contributed by atoms with E-state index < -0.39 is 0 Å². The van der Waals surface area contributed by atoms with Crippen molar-refractivity contribution in [3.8, 4) is 22.2 Å². The van der Waals surface area contributed by atoms with Crippen LogP contribution in [0.25, 0.3) is 10.7 Å². The number of carbonyl (C=O) groups is 1. The molecule has 0 radical (unpaired) electrons. The number of ether oxygens (including phenoxy) is 2. The SMILES string of the molecule is O=C(c1ccc2c(c1)OCCO2)C1CCN(Cc2csc(-c3ccccn3)n2)CC1. The summed E-state index contributed by atoms with van der Waals surface area (Å²) >= 11 is 1.63. The zero-order valence-electron chi connectivity index (χ0n) is 16.6. The molecule has 7 heteroatoms. The van der Waals surface area contributed by atoms with Gasteiger partial charge in [-0.3, -0.25) is 14.7 Å². The number of thiazole rings is 1. The number of piperidine rings is 1. The minimum Gasteiger partial charge on any atom is -0.486 e. The van der Waals surface area contributed by atoms with Gasteiger partial charge in [-0.05, 0) is 56.3 Å². The third-order valence-corrected chi connectivity index (χ3v) is 6.52. The fraction of sp³-hybridized carbons (Fsp3) is 0.348. The molecule has 2 aliphatic heterocycles. The van der Waals surface area contributed by atoms with Crippen molar-refractivity contribution >= 4 is 17.1 Å². The smallest absolute Gasteiger partial charge is 0.166 e. The molecule has 0 atom stereocenters. The summed E-state index contributed by atoms with van der Waals surface area (Å²) in [5.74, 6) is 1.67. The summed E-state index contributed by atoms with van der Waals surface area (Å²) in [6, 6.07) is 11.4. The number of carbonyl (C=O) groups excluding carboxylic acids is 1. The Morgan fingerprint density at radius 1 is 1.10 bits per heavy atom. The maximum absolute atomic E-state index is 13.0. The number of fused-ring (bicyclic) bond motifs is 1. The van der Waals surface area contributed by atoms with Gasteiger partial charge in [-0.25, -0.2) is 4.98 Å². The molecule has 4 heterocycles. The van der Waals surface area contributed by atoms with Gasteiger partial charge in [0, 0.05) is 29.6 Å². The Labute approximate surface area is 179 Å². The van der Waals surface area contributed by atoms with Gasteiger partial charge in [0.1, 0.15) is 18.2 Å². The monoisotopic (exact) mass is 421 g/mol. The molecule has 2 aromatic heterocycles. The molecule has 0 spiro atoms. The summed E-state index contributed by atoms with van der Waals surface area (Å²) in [6.07, 6.45) is 3.52. The van der Waals surface area contributed by atoms with Crippen LogP contribution in [0.3, 0.4) is 0 Å². The van der Waals surface area contributed by atoms with Gasteiger partial charge in [0.2, 0.25) is 0 Å². The second-order valence-electron chi connectivity index (χ2n) is 7.63. The maximum atomic E-state index is 13.0. The zero-order valence-corrected chi connectivity index (χ0v) is 17.4. The van der Waals surface area contributed by atoms with E-state index in [2.05, 4.69) is 15.3 Å². The van der Waals surface area contributed by atoms with Crippen LogP contribution in [-0.2, 0) is 6.54 Å². The van der Waals surface area contributed by atoms with E-state index in [1.807, 2.05) is 36.4 Å². The van der Waals surface area contributed by atoms with Crippen LogP contribution >= 0.6 is 11.3 Å². The predicted molar refractivity (Wildman–Crippen MR) is 115 cm³/mol. The highest BCUT2D eigenvalue weighted by atomic mass is 32.1. The maximum Gasteiger partial charge on any atom is 0.166 e. The molecule has 3 aromatic rings. The van der Waals surface area contributed by atoms with Crippen molar-refractivity contribution < 1.29 is 14.3 Å². The lowest BCUT2D eigenvalue weighted by Crippen LogP contribution is -2.36. The highest BCUT2D eigenvalue weighted by Crippen LogP contribution is 2.33. The van der Waals surface area contributed by atoms with Crippen molar-refractivity contribution in [3.05, 3.63) is 59.2 Å². The summed E-state index contributed by atoms with van der Waals surface area (Å²) in [4.78, 5) is 24.5. The summed E-state index contributed by atoms with van der Waals surface area (Å²) in [6.45, 7) is 3.70. The number of ketones is 1. The molecule has 0 amide bonds. The molecule has 1 aromatic carbocycles. The van der Waals surface area contributed by atoms with Crippen LogP contribution in [0.5, 0.6) is 11.5 Å². The molecule has 30 heavy (non-hydrogen) atoms. The van der Waals surface area contributed by atoms with Crippen LogP contribution in [0, 0.1) is 5.92 Å². The average Bonchev–Trinajstić information content (AvgIpc) is 3.28. The van der Waals surface area contributed by atoms with E-state index in [4.69, 9.17) is 14.5 Å². The van der Waals surface area contributed by atoms with Crippen LogP contribution in [0.2, 0.25) is 0 Å². The van der Waals surface area contributed by atoms with E-state index in [1.165, 1.54) is 0 Å². The number of rotatable bonds is 5. The number of hydrogen-bond donors (Lipinski definition) is 0. The van der Waals surface area contributed by atoms with Gasteiger partial charge in [-0.2, -0.15) is 0 Å². The summed E-state index contributed by atoms with van der Waals surface area (Å²) in [5.41, 5.74) is 2.70. The van der Waals surface area contributed by atoms with E-state index in [-0.39, 0.29) is 11.7 Å². The van der Waals surface area contributed by atoms with E-state index >= 15 is 0 Å². The number of Topliss-reactive ketones (excluding diaryl/α,β-unsaturated/α-hetero) is 1. The third kappa shape index (κ3) is 4.08. The average molecular weight is 422 g/mol. The summed E-state index contributed by atoms with van der Waals surface area (Å²) in [7, 11) is 0. The first kappa shape index (κ1) is 19.2. The van der Waals surface area contributed by atoms with E-state index in [9.17, 15) is 4.79 Å². The van der Waals surface area contributed by atoms with Gasteiger partial charge < -0.3 is 9.47 Å². The van der Waals surface area contributed by atoms with Crippen molar-refractivity contribution in [3.63, 3.8) is 0 Å². The van der Waals surface area contributed by atoms with Crippen molar-refractivity contribution in [2.45, 2.75) is 19.4 Å². The Hall–Kier alpha value is -2.77. The van der Waals surface area contributed by atoms with Gasteiger partial charge in [0.05, 0.1) is 11.4 Å². The lowest BCUT2D eigenvalue weighted by molar-refractivity contribution is 0.0833. The molecule has 0 aliphatic carbocycles. The largest absolute Gasteiger partial charge is 0.486 e. The van der Waals surface area contributed by atoms with Crippen LogP contribution in [-0.4, -0.2) is 47.0 Å². The lowest BCUT2D eigenvalue weighted by atomic mass is 9.88. The zero-order chi connectivity index (χ0) is 20.3. The fourth-order valence-corrected chi connectivity index (χ4v) is 4.79. The van der Waals surface area contributed by atoms with Gasteiger partial charge >= 0.3 is 0 Å². The third-order valence-electron chi connectivity index (χ3n) is 5.61. The number of nitrogens with zero attached hydrogens (tertiary/aromatic N) is 3. The van der Waals surface area contributed by atoms with E-state index in [0.717, 1.165) is 60.2 Å². The normalized spacial score (nSPS) is 17.1. The molecule has 6 nitrogen and oxygen atoms in total. The minimum absolute atomic E-state index is 0.0586. The fourth-order valence-electron chi connectivity index (χ4n) is 4.00. The first-order chi connectivity index (χ1) is 14.8. The standard InChI is InChI=1S/C23H23N3O3S/c27-22(17-4-5-20-21(13-17)29-12-11-28-20)16-6-9-26(10-7-16)14-18-15-30-23(25-18)19-3-1-2-8-24-19/h1-5,8,13,15-16H,6-7,9-12,14H2. The Kier molecular flexibility index (Phi) is 5.46. The Bertz CT molecular complexity index is 1030. The second kappa shape index (κ2) is 8.53. The molecule has 5 rings (SSSR count). The van der Waals surface area contributed by atoms with E-state index in [0.29, 0.717) is 19.0 Å². The molecule has 0 bridgehead atoms. The van der Waals surface area contributed by atoms with Crippen LogP contribution < -0.4 is 9.47 Å². The molecule has 1 fully saturated rings. The molecular weight excluding hydrogens is 398 g/mol. The molecule has 0 N–H and O–H groups in total. The number of likely N-dealkylation sites (tertiary alicyclic amines) is 1. The Balaban J connectivity index is 1.18. The van der Waals surface area contributed by atoms with Gasteiger partial charge in [-0.15, -0.1) is 11.3 Å². The van der Waals surface area contributed by atoms with Crippen LogP contribution in [0.15, 0.2) is 48.0 Å².